The molecule has 24 heavy (non-hydrogen) atoms. The Morgan fingerprint density at radius 3 is 2.04 bits per heavy atom. The summed E-state index contributed by atoms with van der Waals surface area (Å²) in [6, 6.07) is 14.8. The van der Waals surface area contributed by atoms with Gasteiger partial charge in [0, 0.05) is 0 Å². The zero-order valence-electron chi connectivity index (χ0n) is 13.9. The van der Waals surface area contributed by atoms with Crippen LogP contribution in [-0.2, 0) is 19.9 Å². The summed E-state index contributed by atoms with van der Waals surface area (Å²) in [6.45, 7) is 2.08. The molecule has 5 nitrogen and oxygen atoms in total. The highest BCUT2D eigenvalue weighted by Crippen LogP contribution is 2.58. The van der Waals surface area contributed by atoms with E-state index in [4.69, 9.17) is 18.9 Å². The third-order valence-corrected chi connectivity index (χ3v) is 4.13. The van der Waals surface area contributed by atoms with Crippen LogP contribution in [0.3, 0.4) is 0 Å². The van der Waals surface area contributed by atoms with E-state index in [1.54, 1.807) is 21.1 Å². The van der Waals surface area contributed by atoms with Crippen molar-refractivity contribution in [3.8, 4) is 11.5 Å². The molecule has 0 spiro atoms. The summed E-state index contributed by atoms with van der Waals surface area (Å²) in [5.41, 5.74) is 0.555. The molecule has 0 aromatic heterocycles. The van der Waals surface area contributed by atoms with E-state index in [0.717, 1.165) is 22.6 Å². The van der Waals surface area contributed by atoms with E-state index >= 15 is 0 Å². The van der Waals surface area contributed by atoms with Crippen LogP contribution in [0.15, 0.2) is 48.5 Å². The fourth-order valence-corrected chi connectivity index (χ4v) is 2.80. The Hall–Kier alpha value is -2.53. The predicted molar refractivity (Wildman–Crippen MR) is 88.1 cm³/mol. The number of rotatable bonds is 6. The van der Waals surface area contributed by atoms with E-state index in [1.165, 1.54) is 0 Å². The fraction of sp³-hybridized carbons (Fsp3) is 0.316. The van der Waals surface area contributed by atoms with Gasteiger partial charge in [-0.2, -0.15) is 0 Å². The smallest absolute Gasteiger partial charge is 0.346 e. The van der Waals surface area contributed by atoms with E-state index in [0.29, 0.717) is 6.61 Å². The number of hydrogen-bond acceptors (Lipinski definition) is 5. The number of carbonyl (C=O) groups excluding carboxylic acids is 1. The zero-order valence-corrected chi connectivity index (χ0v) is 13.9. The van der Waals surface area contributed by atoms with E-state index in [2.05, 4.69) is 0 Å². The van der Waals surface area contributed by atoms with E-state index < -0.39 is 5.60 Å². The van der Waals surface area contributed by atoms with Crippen LogP contribution in [0.5, 0.6) is 11.5 Å². The Kier molecular flexibility index (Phi) is 4.44. The van der Waals surface area contributed by atoms with E-state index in [-0.39, 0.29) is 12.1 Å². The lowest BCUT2D eigenvalue weighted by molar-refractivity contribution is -0.150. The van der Waals surface area contributed by atoms with Gasteiger partial charge in [0.15, 0.2) is 0 Å². The summed E-state index contributed by atoms with van der Waals surface area (Å²) in [6.07, 6.45) is -0.379. The average Bonchev–Trinajstić information content (AvgIpc) is 3.39. The summed E-state index contributed by atoms with van der Waals surface area (Å²) < 4.78 is 21.5. The number of hydrogen-bond donors (Lipinski definition) is 0. The largest absolute Gasteiger partial charge is 0.497 e. The van der Waals surface area contributed by atoms with Gasteiger partial charge in [0.25, 0.3) is 0 Å². The summed E-state index contributed by atoms with van der Waals surface area (Å²) >= 11 is 0. The lowest BCUT2D eigenvalue weighted by Gasteiger charge is -2.13. The van der Waals surface area contributed by atoms with Crippen molar-refractivity contribution in [3.63, 3.8) is 0 Å². The van der Waals surface area contributed by atoms with Gasteiger partial charge >= 0.3 is 5.97 Å². The Labute approximate surface area is 141 Å². The maximum absolute atomic E-state index is 12.6. The molecule has 3 rings (SSSR count). The van der Waals surface area contributed by atoms with Crippen molar-refractivity contribution < 1.29 is 23.7 Å². The van der Waals surface area contributed by atoms with Gasteiger partial charge in [-0.3, -0.25) is 0 Å². The molecule has 1 saturated heterocycles. The number of esters is 1. The highest BCUT2D eigenvalue weighted by molar-refractivity contribution is 5.85. The van der Waals surface area contributed by atoms with Crippen molar-refractivity contribution in [1.82, 2.24) is 0 Å². The van der Waals surface area contributed by atoms with Crippen LogP contribution in [-0.4, -0.2) is 26.8 Å². The average molecular weight is 328 g/mol. The zero-order chi connectivity index (χ0) is 17.2. The van der Waals surface area contributed by atoms with E-state index in [9.17, 15) is 4.79 Å². The van der Waals surface area contributed by atoms with Crippen molar-refractivity contribution >= 4 is 5.97 Å². The van der Waals surface area contributed by atoms with Crippen LogP contribution in [0.25, 0.3) is 0 Å². The van der Waals surface area contributed by atoms with Gasteiger partial charge in [0.1, 0.15) is 17.6 Å². The second kappa shape index (κ2) is 6.53. The molecule has 2 atom stereocenters. The van der Waals surface area contributed by atoms with Crippen LogP contribution in [0.1, 0.15) is 24.2 Å². The van der Waals surface area contributed by atoms with Gasteiger partial charge in [0.05, 0.1) is 20.8 Å². The number of benzene rings is 2. The minimum absolute atomic E-state index is 0.301. The van der Waals surface area contributed by atoms with Gasteiger partial charge in [-0.05, 0) is 42.3 Å². The predicted octanol–water partition coefficient (Wildman–Crippen LogP) is 3.23. The quantitative estimate of drug-likeness (QED) is 0.602. The standard InChI is InChI=1S/C19H20O5/c1-4-23-18(20)19(14-7-11-16(22-3)12-8-14)17(24-19)13-5-9-15(21-2)10-6-13/h5-12,17H,4H2,1-3H3. The normalized spacial score (nSPS) is 21.9. The summed E-state index contributed by atoms with van der Waals surface area (Å²) in [4.78, 5) is 12.6. The molecular formula is C19H20O5. The maximum atomic E-state index is 12.6. The van der Waals surface area contributed by atoms with Crippen molar-refractivity contribution in [2.45, 2.75) is 18.6 Å². The highest BCUT2D eigenvalue weighted by atomic mass is 16.7. The summed E-state index contributed by atoms with van der Waals surface area (Å²) in [5.74, 6) is 1.10. The number of carbonyl (C=O) groups is 1. The van der Waals surface area contributed by atoms with Crippen LogP contribution in [0.4, 0.5) is 0 Å². The molecule has 1 aliphatic rings. The Morgan fingerprint density at radius 2 is 1.54 bits per heavy atom. The topological polar surface area (TPSA) is 57.3 Å². The van der Waals surface area contributed by atoms with Gasteiger partial charge in [-0.15, -0.1) is 0 Å². The monoisotopic (exact) mass is 328 g/mol. The molecule has 0 aliphatic carbocycles. The van der Waals surface area contributed by atoms with Crippen molar-refractivity contribution in [2.24, 2.45) is 0 Å². The van der Waals surface area contributed by atoms with Gasteiger partial charge in [0.2, 0.25) is 5.60 Å². The Morgan fingerprint density at radius 1 is 1.00 bits per heavy atom. The second-order valence-corrected chi connectivity index (χ2v) is 5.46. The number of epoxide rings is 1. The van der Waals surface area contributed by atoms with Crippen LogP contribution in [0, 0.1) is 0 Å². The maximum Gasteiger partial charge on any atom is 0.346 e. The third-order valence-electron chi connectivity index (χ3n) is 4.13. The first-order chi connectivity index (χ1) is 11.7. The minimum atomic E-state index is -1.10. The van der Waals surface area contributed by atoms with Gasteiger partial charge in [-0.1, -0.05) is 24.3 Å². The molecule has 0 N–H and O–H groups in total. The molecule has 0 saturated carbocycles. The number of methoxy groups -OCH3 is 2. The van der Waals surface area contributed by atoms with Gasteiger partial charge in [-0.25, -0.2) is 4.79 Å². The SMILES string of the molecule is CCOC(=O)C1(c2ccc(OC)cc2)OC1c1ccc(OC)cc1. The Balaban J connectivity index is 1.94. The third kappa shape index (κ3) is 2.71. The van der Waals surface area contributed by atoms with Crippen molar-refractivity contribution in [1.29, 1.82) is 0 Å². The summed E-state index contributed by atoms with van der Waals surface area (Å²) in [5, 5.41) is 0. The molecule has 2 aromatic carbocycles. The second-order valence-electron chi connectivity index (χ2n) is 5.46. The van der Waals surface area contributed by atoms with Crippen molar-refractivity contribution in [3.05, 3.63) is 59.7 Å². The summed E-state index contributed by atoms with van der Waals surface area (Å²) in [7, 11) is 3.22. The highest BCUT2D eigenvalue weighted by Gasteiger charge is 2.65. The van der Waals surface area contributed by atoms with Crippen molar-refractivity contribution in [2.75, 3.05) is 20.8 Å². The fourth-order valence-electron chi connectivity index (χ4n) is 2.80. The molecule has 2 aromatic rings. The first kappa shape index (κ1) is 16.3. The molecule has 1 heterocycles. The molecule has 0 radical (unpaired) electrons. The van der Waals surface area contributed by atoms with Crippen LogP contribution in [0.2, 0.25) is 0 Å². The molecule has 1 fully saturated rings. The molecule has 5 heteroatoms. The molecular weight excluding hydrogens is 308 g/mol. The van der Waals surface area contributed by atoms with Crippen LogP contribution < -0.4 is 9.47 Å². The number of ether oxygens (including phenoxy) is 4. The first-order valence-corrected chi connectivity index (χ1v) is 7.79. The lowest BCUT2D eigenvalue weighted by Crippen LogP contribution is -2.25. The molecule has 0 amide bonds. The Bertz CT molecular complexity index is 708. The van der Waals surface area contributed by atoms with Gasteiger partial charge < -0.3 is 18.9 Å². The molecule has 0 bridgehead atoms. The molecule has 1 aliphatic heterocycles. The first-order valence-electron chi connectivity index (χ1n) is 7.79. The molecule has 126 valence electrons. The molecule has 2 unspecified atom stereocenters. The lowest BCUT2D eigenvalue weighted by atomic mass is 9.91. The van der Waals surface area contributed by atoms with E-state index in [1.807, 2.05) is 48.5 Å². The minimum Gasteiger partial charge on any atom is -0.497 e. The van der Waals surface area contributed by atoms with Crippen LogP contribution >= 0.6 is 0 Å².